The van der Waals surface area contributed by atoms with Gasteiger partial charge in [-0.2, -0.15) is 0 Å². The summed E-state index contributed by atoms with van der Waals surface area (Å²) in [6, 6.07) is 15.5. The molecule has 3 aliphatic rings. The van der Waals surface area contributed by atoms with Gasteiger partial charge < -0.3 is 15.1 Å². The number of nitrogens with zero attached hydrogens (tertiary/aromatic N) is 2. The molecule has 25 heavy (non-hydrogen) atoms. The van der Waals surface area contributed by atoms with E-state index in [1.54, 1.807) is 4.90 Å². The molecule has 1 aliphatic carbocycles. The molecular weight excluding hydrogens is 310 g/mol. The van der Waals surface area contributed by atoms with Gasteiger partial charge in [-0.15, -0.1) is 0 Å². The predicted molar refractivity (Wildman–Crippen MR) is 100 cm³/mol. The van der Waals surface area contributed by atoms with E-state index in [1.165, 1.54) is 31.5 Å². The largest absolute Gasteiger partial charge is 0.368 e. The molecule has 4 heteroatoms. The number of hydrogen-bond donors (Lipinski definition) is 1. The van der Waals surface area contributed by atoms with Crippen molar-refractivity contribution in [3.8, 4) is 0 Å². The van der Waals surface area contributed by atoms with Crippen molar-refractivity contribution in [3.63, 3.8) is 0 Å². The lowest BCUT2D eigenvalue weighted by Gasteiger charge is -2.29. The highest BCUT2D eigenvalue weighted by Gasteiger charge is 2.37. The number of amides is 1. The van der Waals surface area contributed by atoms with Crippen LogP contribution in [0, 0.1) is 5.92 Å². The van der Waals surface area contributed by atoms with Gasteiger partial charge in [-0.05, 0) is 73.2 Å². The maximum Gasteiger partial charge on any atom is 0.254 e. The Hall–Kier alpha value is -2.49. The van der Waals surface area contributed by atoms with Crippen LogP contribution in [-0.2, 0) is 6.54 Å². The van der Waals surface area contributed by atoms with Crippen LogP contribution in [-0.4, -0.2) is 30.4 Å². The van der Waals surface area contributed by atoms with Crippen LogP contribution in [0.3, 0.4) is 0 Å². The number of carbonyl (C=O) groups excluding carboxylic acids is 1. The van der Waals surface area contributed by atoms with E-state index in [2.05, 4.69) is 40.5 Å². The molecule has 2 bridgehead atoms. The van der Waals surface area contributed by atoms with E-state index in [9.17, 15) is 4.79 Å². The molecule has 1 amide bonds. The fourth-order valence-corrected chi connectivity index (χ4v) is 4.69. The minimum atomic E-state index is 0.116. The van der Waals surface area contributed by atoms with E-state index in [1.807, 2.05) is 19.2 Å². The first-order chi connectivity index (χ1) is 12.2. The Labute approximate surface area is 148 Å². The number of fused-ring (bicyclic) bond motifs is 3. The molecule has 0 spiro atoms. The summed E-state index contributed by atoms with van der Waals surface area (Å²) in [6.45, 7) is 1.92. The molecule has 1 N–H and O–H groups in total. The first-order valence-corrected chi connectivity index (χ1v) is 9.19. The van der Waals surface area contributed by atoms with E-state index in [0.29, 0.717) is 6.54 Å². The molecule has 2 heterocycles. The van der Waals surface area contributed by atoms with Crippen molar-refractivity contribution < 1.29 is 4.79 Å². The third-order valence-corrected chi connectivity index (χ3v) is 5.99. The summed E-state index contributed by atoms with van der Waals surface area (Å²) in [5.74, 6) is 1.03. The van der Waals surface area contributed by atoms with Gasteiger partial charge >= 0.3 is 0 Å². The Morgan fingerprint density at radius 3 is 2.56 bits per heavy atom. The van der Waals surface area contributed by atoms with Gasteiger partial charge in [-0.25, -0.2) is 0 Å². The second-order valence-electron chi connectivity index (χ2n) is 7.69. The van der Waals surface area contributed by atoms with Crippen LogP contribution < -0.4 is 10.2 Å². The normalized spacial score (nSPS) is 24.1. The number of anilines is 3. The molecule has 0 radical (unpaired) electrons. The number of piperidine rings is 1. The van der Waals surface area contributed by atoms with Gasteiger partial charge in [0, 0.05) is 48.8 Å². The number of nitrogens with one attached hydrogen (secondary N) is 1. The zero-order valence-electron chi connectivity index (χ0n) is 14.5. The van der Waals surface area contributed by atoms with Gasteiger partial charge in [0.2, 0.25) is 0 Å². The maximum atomic E-state index is 12.0. The van der Waals surface area contributed by atoms with Crippen LogP contribution in [0.15, 0.2) is 42.5 Å². The van der Waals surface area contributed by atoms with Crippen molar-refractivity contribution >= 4 is 23.0 Å². The highest BCUT2D eigenvalue weighted by atomic mass is 16.2. The molecule has 2 aromatic carbocycles. The molecule has 5 rings (SSSR count). The number of hydrogen-bond acceptors (Lipinski definition) is 3. The molecule has 0 aromatic heterocycles. The van der Waals surface area contributed by atoms with Gasteiger partial charge in [-0.3, -0.25) is 4.79 Å². The second kappa shape index (κ2) is 5.51. The Kier molecular flexibility index (Phi) is 3.27. The number of rotatable bonds is 3. The first kappa shape index (κ1) is 14.8. The standard InChI is InChI=1S/C21H23N3O/c1-23-13-15-11-17(5-9-20(15)21(23)25)22-16-3-7-18(8-4-16)24-12-14-2-6-19(24)10-14/h3-5,7-9,11,14,19,22H,2,6,10,12-13H2,1H3/t14?,19-/m1/s1. The summed E-state index contributed by atoms with van der Waals surface area (Å²) < 4.78 is 0. The Morgan fingerprint density at radius 2 is 1.84 bits per heavy atom. The summed E-state index contributed by atoms with van der Waals surface area (Å²) in [6.07, 6.45) is 4.14. The van der Waals surface area contributed by atoms with Gasteiger partial charge in [-0.1, -0.05) is 0 Å². The second-order valence-corrected chi connectivity index (χ2v) is 7.69. The smallest absolute Gasteiger partial charge is 0.254 e. The molecule has 2 fully saturated rings. The van der Waals surface area contributed by atoms with Crippen molar-refractivity contribution in [1.82, 2.24) is 4.90 Å². The van der Waals surface area contributed by atoms with Crippen LogP contribution in [0.4, 0.5) is 17.1 Å². The molecule has 4 nitrogen and oxygen atoms in total. The van der Waals surface area contributed by atoms with Crippen molar-refractivity contribution in [2.24, 2.45) is 5.92 Å². The zero-order chi connectivity index (χ0) is 17.0. The van der Waals surface area contributed by atoms with E-state index in [4.69, 9.17) is 0 Å². The third kappa shape index (κ3) is 2.48. The Bertz CT molecular complexity index is 830. The molecular formula is C21H23N3O. The van der Waals surface area contributed by atoms with Crippen LogP contribution in [0.1, 0.15) is 35.2 Å². The Morgan fingerprint density at radius 1 is 1.04 bits per heavy atom. The predicted octanol–water partition coefficient (Wildman–Crippen LogP) is 4.00. The van der Waals surface area contributed by atoms with E-state index in [0.717, 1.165) is 34.5 Å². The summed E-state index contributed by atoms with van der Waals surface area (Å²) in [4.78, 5) is 16.3. The van der Waals surface area contributed by atoms with E-state index in [-0.39, 0.29) is 5.91 Å². The van der Waals surface area contributed by atoms with Crippen molar-refractivity contribution in [3.05, 3.63) is 53.6 Å². The highest BCUT2D eigenvalue weighted by molar-refractivity contribution is 5.98. The minimum Gasteiger partial charge on any atom is -0.368 e. The van der Waals surface area contributed by atoms with Crippen molar-refractivity contribution in [2.75, 3.05) is 23.8 Å². The van der Waals surface area contributed by atoms with Crippen molar-refractivity contribution in [1.29, 1.82) is 0 Å². The highest BCUT2D eigenvalue weighted by Crippen LogP contribution is 2.40. The minimum absolute atomic E-state index is 0.116. The van der Waals surface area contributed by atoms with Gasteiger partial charge in [0.25, 0.3) is 5.91 Å². The maximum absolute atomic E-state index is 12.0. The summed E-state index contributed by atoms with van der Waals surface area (Å²) in [5.41, 5.74) is 5.40. The molecule has 2 aromatic rings. The molecule has 1 saturated carbocycles. The first-order valence-electron chi connectivity index (χ1n) is 9.19. The number of carbonyl (C=O) groups is 1. The molecule has 1 saturated heterocycles. The Balaban J connectivity index is 1.32. The van der Waals surface area contributed by atoms with Crippen LogP contribution in [0.5, 0.6) is 0 Å². The van der Waals surface area contributed by atoms with Crippen molar-refractivity contribution in [2.45, 2.75) is 31.8 Å². The van der Waals surface area contributed by atoms with E-state index >= 15 is 0 Å². The summed E-state index contributed by atoms with van der Waals surface area (Å²) in [5, 5.41) is 3.47. The van der Waals surface area contributed by atoms with Crippen LogP contribution >= 0.6 is 0 Å². The van der Waals surface area contributed by atoms with Crippen LogP contribution in [0.25, 0.3) is 0 Å². The van der Waals surface area contributed by atoms with Gasteiger partial charge in [0.05, 0.1) is 0 Å². The fourth-order valence-electron chi connectivity index (χ4n) is 4.69. The summed E-state index contributed by atoms with van der Waals surface area (Å²) in [7, 11) is 1.85. The third-order valence-electron chi connectivity index (χ3n) is 5.99. The van der Waals surface area contributed by atoms with Gasteiger partial charge in [0.15, 0.2) is 0 Å². The van der Waals surface area contributed by atoms with Crippen LogP contribution in [0.2, 0.25) is 0 Å². The topological polar surface area (TPSA) is 35.6 Å². The fraction of sp³-hybridized carbons (Fsp3) is 0.381. The SMILES string of the molecule is CN1Cc2cc(Nc3ccc(N4CC5CC[C@@H]4C5)cc3)ccc2C1=O. The quantitative estimate of drug-likeness (QED) is 0.922. The molecule has 2 aliphatic heterocycles. The lowest BCUT2D eigenvalue weighted by molar-refractivity contribution is 0.0816. The average Bonchev–Trinajstić information content (AvgIpc) is 3.31. The zero-order valence-corrected chi connectivity index (χ0v) is 14.5. The van der Waals surface area contributed by atoms with Gasteiger partial charge in [0.1, 0.15) is 0 Å². The number of benzene rings is 2. The monoisotopic (exact) mass is 333 g/mol. The molecule has 1 unspecified atom stereocenters. The molecule has 128 valence electrons. The molecule has 2 atom stereocenters. The lowest BCUT2D eigenvalue weighted by Crippen LogP contribution is -2.31. The summed E-state index contributed by atoms with van der Waals surface area (Å²) >= 11 is 0. The van der Waals surface area contributed by atoms with E-state index < -0.39 is 0 Å². The lowest BCUT2D eigenvalue weighted by atomic mass is 10.1. The average molecular weight is 333 g/mol.